The van der Waals surface area contributed by atoms with Crippen LogP contribution < -0.4 is 4.74 Å². The van der Waals surface area contributed by atoms with Gasteiger partial charge in [-0.15, -0.1) is 0 Å². The van der Waals surface area contributed by atoms with Crippen LogP contribution in [-0.4, -0.2) is 30.9 Å². The molecule has 5 heteroatoms. The number of benzene rings is 1. The molecule has 4 nitrogen and oxygen atoms in total. The van der Waals surface area contributed by atoms with Gasteiger partial charge in [-0.25, -0.2) is 4.79 Å². The fraction of sp³-hybridized carbons (Fsp3) is 0.400. The fourth-order valence-corrected chi connectivity index (χ4v) is 1.82. The molecule has 110 valence electrons. The van der Waals surface area contributed by atoms with Gasteiger partial charge in [-0.2, -0.15) is 0 Å². The number of halogens is 1. The lowest BCUT2D eigenvalue weighted by Gasteiger charge is -2.09. The Morgan fingerprint density at radius 2 is 2.15 bits per heavy atom. The second-order valence-corrected chi connectivity index (χ2v) is 5.53. The largest absolute Gasteiger partial charge is 0.491 e. The van der Waals surface area contributed by atoms with E-state index in [0.29, 0.717) is 24.9 Å². The SMILES string of the molecule is CC(C)COCCOc1ccc(Br)c(/C=C/C(=O)O)c1. The highest BCUT2D eigenvalue weighted by Gasteiger charge is 2.01. The maximum absolute atomic E-state index is 10.5. The third-order valence-electron chi connectivity index (χ3n) is 2.32. The van der Waals surface area contributed by atoms with Crippen molar-refractivity contribution in [2.75, 3.05) is 19.8 Å². The van der Waals surface area contributed by atoms with Crippen LogP contribution in [0.15, 0.2) is 28.7 Å². The minimum absolute atomic E-state index is 0.469. The zero-order chi connectivity index (χ0) is 15.0. The number of rotatable bonds is 8. The Kier molecular flexibility index (Phi) is 7.33. The first-order valence-electron chi connectivity index (χ1n) is 6.40. The van der Waals surface area contributed by atoms with Gasteiger partial charge in [0.15, 0.2) is 0 Å². The van der Waals surface area contributed by atoms with Crippen molar-refractivity contribution in [1.82, 2.24) is 0 Å². The predicted octanol–water partition coefficient (Wildman–Crippen LogP) is 3.60. The first-order valence-corrected chi connectivity index (χ1v) is 7.19. The maximum atomic E-state index is 10.5. The monoisotopic (exact) mass is 342 g/mol. The number of ether oxygens (including phenoxy) is 2. The Morgan fingerprint density at radius 3 is 2.80 bits per heavy atom. The molecule has 0 aliphatic carbocycles. The topological polar surface area (TPSA) is 55.8 Å². The predicted molar refractivity (Wildman–Crippen MR) is 82.0 cm³/mol. The van der Waals surface area contributed by atoms with E-state index in [1.54, 1.807) is 6.07 Å². The number of carboxylic acid groups (broad SMARTS) is 1. The van der Waals surface area contributed by atoms with Crippen molar-refractivity contribution in [3.63, 3.8) is 0 Å². The summed E-state index contributed by atoms with van der Waals surface area (Å²) in [7, 11) is 0. The maximum Gasteiger partial charge on any atom is 0.328 e. The first kappa shape index (κ1) is 16.7. The summed E-state index contributed by atoms with van der Waals surface area (Å²) in [6, 6.07) is 5.43. The molecular formula is C15H19BrO4. The van der Waals surface area contributed by atoms with Crippen molar-refractivity contribution >= 4 is 28.0 Å². The molecule has 0 saturated carbocycles. The molecule has 0 fully saturated rings. The Morgan fingerprint density at radius 1 is 1.40 bits per heavy atom. The van der Waals surface area contributed by atoms with Crippen LogP contribution in [0.4, 0.5) is 0 Å². The summed E-state index contributed by atoms with van der Waals surface area (Å²) in [6.45, 7) is 5.91. The van der Waals surface area contributed by atoms with Gasteiger partial charge in [0.2, 0.25) is 0 Å². The van der Waals surface area contributed by atoms with E-state index in [-0.39, 0.29) is 0 Å². The average Bonchev–Trinajstić information content (AvgIpc) is 2.38. The molecule has 0 spiro atoms. The Bertz CT molecular complexity index is 469. The van der Waals surface area contributed by atoms with Gasteiger partial charge in [0, 0.05) is 17.2 Å². The first-order chi connectivity index (χ1) is 9.49. The summed E-state index contributed by atoms with van der Waals surface area (Å²) < 4.78 is 11.8. The fourth-order valence-electron chi connectivity index (χ4n) is 1.44. The van der Waals surface area contributed by atoms with E-state index >= 15 is 0 Å². The summed E-state index contributed by atoms with van der Waals surface area (Å²) in [5.74, 6) is 0.215. The van der Waals surface area contributed by atoms with Gasteiger partial charge < -0.3 is 14.6 Å². The lowest BCUT2D eigenvalue weighted by molar-refractivity contribution is -0.131. The van der Waals surface area contributed by atoms with Crippen LogP contribution in [0.5, 0.6) is 5.75 Å². The summed E-state index contributed by atoms with van der Waals surface area (Å²) in [6.07, 6.45) is 2.62. The molecule has 1 aromatic carbocycles. The number of carboxylic acids is 1. The molecule has 0 heterocycles. The Balaban J connectivity index is 2.50. The highest BCUT2D eigenvalue weighted by molar-refractivity contribution is 9.10. The second-order valence-electron chi connectivity index (χ2n) is 4.67. The number of hydrogen-bond donors (Lipinski definition) is 1. The third-order valence-corrected chi connectivity index (χ3v) is 3.04. The van der Waals surface area contributed by atoms with Crippen LogP contribution in [0.3, 0.4) is 0 Å². The number of aliphatic carboxylic acids is 1. The number of hydrogen-bond acceptors (Lipinski definition) is 3. The van der Waals surface area contributed by atoms with E-state index < -0.39 is 5.97 Å². The minimum atomic E-state index is -0.981. The van der Waals surface area contributed by atoms with E-state index in [0.717, 1.165) is 22.7 Å². The zero-order valence-corrected chi connectivity index (χ0v) is 13.2. The highest BCUT2D eigenvalue weighted by atomic mass is 79.9. The normalized spacial score (nSPS) is 11.2. The summed E-state index contributed by atoms with van der Waals surface area (Å²) in [5, 5.41) is 8.63. The molecule has 0 amide bonds. The molecular weight excluding hydrogens is 324 g/mol. The molecule has 0 aliphatic rings. The standard InChI is InChI=1S/C15H19BrO4/c1-11(2)10-19-7-8-20-13-4-5-14(16)12(9-13)3-6-15(17)18/h3-6,9,11H,7-8,10H2,1-2H3,(H,17,18)/b6-3+. The van der Waals surface area contributed by atoms with Crippen molar-refractivity contribution < 1.29 is 19.4 Å². The van der Waals surface area contributed by atoms with Crippen LogP contribution in [0.25, 0.3) is 6.08 Å². The van der Waals surface area contributed by atoms with E-state index in [2.05, 4.69) is 29.8 Å². The van der Waals surface area contributed by atoms with E-state index in [1.165, 1.54) is 6.08 Å². The van der Waals surface area contributed by atoms with Crippen molar-refractivity contribution in [1.29, 1.82) is 0 Å². The molecule has 1 N–H and O–H groups in total. The second kappa shape index (κ2) is 8.76. The summed E-state index contributed by atoms with van der Waals surface area (Å²) in [4.78, 5) is 10.5. The highest BCUT2D eigenvalue weighted by Crippen LogP contribution is 2.23. The summed E-state index contributed by atoms with van der Waals surface area (Å²) >= 11 is 3.37. The van der Waals surface area contributed by atoms with Crippen molar-refractivity contribution in [2.45, 2.75) is 13.8 Å². The Labute approximate surface area is 127 Å². The van der Waals surface area contributed by atoms with Gasteiger partial charge in [-0.05, 0) is 35.8 Å². The Hall–Kier alpha value is -1.33. The van der Waals surface area contributed by atoms with Gasteiger partial charge >= 0.3 is 5.97 Å². The van der Waals surface area contributed by atoms with Gasteiger partial charge in [0.25, 0.3) is 0 Å². The molecule has 0 atom stereocenters. The molecule has 0 radical (unpaired) electrons. The van der Waals surface area contributed by atoms with Crippen LogP contribution >= 0.6 is 15.9 Å². The molecule has 0 saturated heterocycles. The molecule has 0 aliphatic heterocycles. The van der Waals surface area contributed by atoms with Crippen LogP contribution in [0, 0.1) is 5.92 Å². The van der Waals surface area contributed by atoms with Crippen LogP contribution in [-0.2, 0) is 9.53 Å². The smallest absolute Gasteiger partial charge is 0.328 e. The van der Waals surface area contributed by atoms with E-state index in [1.807, 2.05) is 12.1 Å². The minimum Gasteiger partial charge on any atom is -0.491 e. The quantitative estimate of drug-likeness (QED) is 0.579. The average molecular weight is 343 g/mol. The molecule has 1 rings (SSSR count). The lowest BCUT2D eigenvalue weighted by atomic mass is 10.2. The molecule has 0 aromatic heterocycles. The van der Waals surface area contributed by atoms with Crippen molar-refractivity contribution in [3.8, 4) is 5.75 Å². The van der Waals surface area contributed by atoms with Crippen molar-refractivity contribution in [2.24, 2.45) is 5.92 Å². The van der Waals surface area contributed by atoms with E-state index in [4.69, 9.17) is 14.6 Å². The molecule has 0 unspecified atom stereocenters. The van der Waals surface area contributed by atoms with Gasteiger partial charge in [-0.3, -0.25) is 0 Å². The van der Waals surface area contributed by atoms with Crippen LogP contribution in [0.2, 0.25) is 0 Å². The van der Waals surface area contributed by atoms with Gasteiger partial charge in [0.05, 0.1) is 6.61 Å². The summed E-state index contributed by atoms with van der Waals surface area (Å²) in [5.41, 5.74) is 0.757. The van der Waals surface area contributed by atoms with E-state index in [9.17, 15) is 4.79 Å². The van der Waals surface area contributed by atoms with Gasteiger partial charge in [0.1, 0.15) is 12.4 Å². The van der Waals surface area contributed by atoms with Crippen molar-refractivity contribution in [3.05, 3.63) is 34.3 Å². The molecule has 20 heavy (non-hydrogen) atoms. The zero-order valence-electron chi connectivity index (χ0n) is 11.6. The van der Waals surface area contributed by atoms with Gasteiger partial charge in [-0.1, -0.05) is 29.8 Å². The van der Waals surface area contributed by atoms with Crippen LogP contribution in [0.1, 0.15) is 19.4 Å². The lowest BCUT2D eigenvalue weighted by Crippen LogP contribution is -2.10. The third kappa shape index (κ3) is 6.73. The molecule has 0 bridgehead atoms. The molecule has 1 aromatic rings. The number of carbonyl (C=O) groups is 1.